The summed E-state index contributed by atoms with van der Waals surface area (Å²) in [6, 6.07) is 0. The SMILES string of the molecule is CC1CCCC(CO)(CN2CCCC2(C)C)C1. The van der Waals surface area contributed by atoms with Crippen molar-refractivity contribution in [2.45, 2.75) is 64.8 Å². The number of aliphatic hydroxyl groups excluding tert-OH is 1. The van der Waals surface area contributed by atoms with Gasteiger partial charge in [0.25, 0.3) is 0 Å². The second-order valence-electron chi connectivity index (χ2n) is 7.20. The minimum Gasteiger partial charge on any atom is -0.396 e. The van der Waals surface area contributed by atoms with Crippen LogP contribution in [-0.2, 0) is 0 Å². The van der Waals surface area contributed by atoms with Crippen molar-refractivity contribution in [1.29, 1.82) is 0 Å². The zero-order valence-corrected chi connectivity index (χ0v) is 11.8. The molecule has 1 N–H and O–H groups in total. The van der Waals surface area contributed by atoms with Crippen LogP contribution in [0, 0.1) is 11.3 Å². The van der Waals surface area contributed by atoms with E-state index in [4.69, 9.17) is 0 Å². The van der Waals surface area contributed by atoms with Crippen LogP contribution < -0.4 is 0 Å². The smallest absolute Gasteiger partial charge is 0.0499 e. The minimum absolute atomic E-state index is 0.194. The van der Waals surface area contributed by atoms with E-state index in [1.807, 2.05) is 0 Å². The minimum atomic E-state index is 0.194. The number of likely N-dealkylation sites (tertiary alicyclic amines) is 1. The van der Waals surface area contributed by atoms with Crippen LogP contribution in [0.4, 0.5) is 0 Å². The summed E-state index contributed by atoms with van der Waals surface area (Å²) in [7, 11) is 0. The summed E-state index contributed by atoms with van der Waals surface area (Å²) in [5.74, 6) is 0.793. The van der Waals surface area contributed by atoms with Crippen molar-refractivity contribution >= 4 is 0 Å². The van der Waals surface area contributed by atoms with Gasteiger partial charge in [0, 0.05) is 24.1 Å². The van der Waals surface area contributed by atoms with E-state index in [0.29, 0.717) is 12.1 Å². The van der Waals surface area contributed by atoms with E-state index < -0.39 is 0 Å². The van der Waals surface area contributed by atoms with Crippen LogP contribution in [0.5, 0.6) is 0 Å². The molecule has 1 aliphatic carbocycles. The zero-order chi connectivity index (χ0) is 12.5. The Balaban J connectivity index is 2.03. The maximum absolute atomic E-state index is 9.86. The van der Waals surface area contributed by atoms with Crippen molar-refractivity contribution in [3.8, 4) is 0 Å². The van der Waals surface area contributed by atoms with Crippen LogP contribution in [0.15, 0.2) is 0 Å². The van der Waals surface area contributed by atoms with Gasteiger partial charge in [-0.3, -0.25) is 4.90 Å². The van der Waals surface area contributed by atoms with Crippen molar-refractivity contribution in [3.63, 3.8) is 0 Å². The summed E-state index contributed by atoms with van der Waals surface area (Å²) in [4.78, 5) is 2.63. The predicted molar refractivity (Wildman–Crippen MR) is 72.0 cm³/mol. The van der Waals surface area contributed by atoms with E-state index in [1.54, 1.807) is 0 Å². The number of rotatable bonds is 3. The summed E-state index contributed by atoms with van der Waals surface area (Å²) in [5.41, 5.74) is 0.544. The fraction of sp³-hybridized carbons (Fsp3) is 1.00. The third-order valence-electron chi connectivity index (χ3n) is 5.12. The highest BCUT2D eigenvalue weighted by atomic mass is 16.3. The van der Waals surface area contributed by atoms with Gasteiger partial charge in [-0.1, -0.05) is 19.8 Å². The summed E-state index contributed by atoms with van der Waals surface area (Å²) in [6.07, 6.45) is 7.73. The molecule has 2 aliphatic rings. The van der Waals surface area contributed by atoms with E-state index in [-0.39, 0.29) is 5.41 Å². The molecule has 1 saturated carbocycles. The van der Waals surface area contributed by atoms with Crippen LogP contribution in [0.25, 0.3) is 0 Å². The molecule has 0 aromatic rings. The van der Waals surface area contributed by atoms with E-state index in [0.717, 1.165) is 12.5 Å². The summed E-state index contributed by atoms with van der Waals surface area (Å²) in [6.45, 7) is 9.78. The third kappa shape index (κ3) is 2.85. The Morgan fingerprint density at radius 2 is 2.00 bits per heavy atom. The average molecular weight is 239 g/mol. The van der Waals surface area contributed by atoms with Crippen LogP contribution in [0.1, 0.15) is 59.3 Å². The van der Waals surface area contributed by atoms with Crippen LogP contribution in [0.2, 0.25) is 0 Å². The first-order valence-electron chi connectivity index (χ1n) is 7.33. The highest BCUT2D eigenvalue weighted by Gasteiger charge is 2.41. The molecule has 17 heavy (non-hydrogen) atoms. The van der Waals surface area contributed by atoms with Gasteiger partial charge in [-0.05, 0) is 52.0 Å². The summed E-state index contributed by atoms with van der Waals surface area (Å²) >= 11 is 0. The van der Waals surface area contributed by atoms with E-state index in [1.165, 1.54) is 45.1 Å². The normalized spacial score (nSPS) is 38.5. The Hall–Kier alpha value is -0.0800. The molecule has 2 atom stereocenters. The van der Waals surface area contributed by atoms with Gasteiger partial charge in [-0.15, -0.1) is 0 Å². The molecule has 2 nitrogen and oxygen atoms in total. The molecule has 0 aromatic carbocycles. The largest absolute Gasteiger partial charge is 0.396 e. The number of hydrogen-bond donors (Lipinski definition) is 1. The molecule has 1 aliphatic heterocycles. The van der Waals surface area contributed by atoms with Gasteiger partial charge in [-0.25, -0.2) is 0 Å². The highest BCUT2D eigenvalue weighted by molar-refractivity contribution is 4.94. The topological polar surface area (TPSA) is 23.5 Å². The molecule has 1 saturated heterocycles. The molecule has 0 aromatic heterocycles. The summed E-state index contributed by atoms with van der Waals surface area (Å²) < 4.78 is 0. The lowest BCUT2D eigenvalue weighted by atomic mass is 9.70. The molecular formula is C15H29NO. The van der Waals surface area contributed by atoms with Gasteiger partial charge in [0.15, 0.2) is 0 Å². The first-order chi connectivity index (χ1) is 7.97. The van der Waals surface area contributed by atoms with Crippen molar-refractivity contribution in [2.24, 2.45) is 11.3 Å². The van der Waals surface area contributed by atoms with Gasteiger partial charge in [0.1, 0.15) is 0 Å². The zero-order valence-electron chi connectivity index (χ0n) is 11.8. The second-order valence-corrected chi connectivity index (χ2v) is 7.20. The quantitative estimate of drug-likeness (QED) is 0.818. The first-order valence-corrected chi connectivity index (χ1v) is 7.33. The molecule has 2 rings (SSSR count). The predicted octanol–water partition coefficient (Wildman–Crippen LogP) is 3.05. The van der Waals surface area contributed by atoms with Gasteiger partial charge >= 0.3 is 0 Å². The van der Waals surface area contributed by atoms with Gasteiger partial charge in [0.2, 0.25) is 0 Å². The van der Waals surface area contributed by atoms with E-state index >= 15 is 0 Å². The molecule has 2 heteroatoms. The fourth-order valence-electron chi connectivity index (χ4n) is 3.97. The molecule has 1 heterocycles. The Morgan fingerprint density at radius 1 is 1.24 bits per heavy atom. The Morgan fingerprint density at radius 3 is 2.53 bits per heavy atom. The molecule has 0 spiro atoms. The Labute approximate surface area is 106 Å². The van der Waals surface area contributed by atoms with E-state index in [2.05, 4.69) is 25.7 Å². The van der Waals surface area contributed by atoms with Gasteiger partial charge < -0.3 is 5.11 Å². The molecule has 0 radical (unpaired) electrons. The van der Waals surface area contributed by atoms with Crippen LogP contribution >= 0.6 is 0 Å². The van der Waals surface area contributed by atoms with Gasteiger partial charge in [-0.2, -0.15) is 0 Å². The summed E-state index contributed by atoms with van der Waals surface area (Å²) in [5, 5.41) is 9.86. The van der Waals surface area contributed by atoms with Gasteiger partial charge in [0.05, 0.1) is 0 Å². The number of nitrogens with zero attached hydrogens (tertiary/aromatic N) is 1. The first kappa shape index (κ1) is 13.4. The maximum Gasteiger partial charge on any atom is 0.0499 e. The third-order valence-corrected chi connectivity index (χ3v) is 5.12. The van der Waals surface area contributed by atoms with Crippen molar-refractivity contribution in [3.05, 3.63) is 0 Å². The number of aliphatic hydroxyl groups is 1. The van der Waals surface area contributed by atoms with Crippen LogP contribution in [0.3, 0.4) is 0 Å². The van der Waals surface area contributed by atoms with E-state index in [9.17, 15) is 5.11 Å². The van der Waals surface area contributed by atoms with Crippen molar-refractivity contribution in [2.75, 3.05) is 19.7 Å². The standard InChI is InChI=1S/C15H29NO/c1-13-6-4-8-15(10-13,12-17)11-16-9-5-7-14(16,2)3/h13,17H,4-12H2,1-3H3. The lowest BCUT2D eigenvalue weighted by molar-refractivity contribution is 0.00620. The molecular weight excluding hydrogens is 210 g/mol. The second kappa shape index (κ2) is 4.89. The monoisotopic (exact) mass is 239 g/mol. The lowest BCUT2D eigenvalue weighted by Crippen LogP contribution is -2.48. The molecule has 2 unspecified atom stereocenters. The molecule has 2 fully saturated rings. The Bertz CT molecular complexity index is 264. The van der Waals surface area contributed by atoms with Crippen LogP contribution in [-0.4, -0.2) is 35.2 Å². The van der Waals surface area contributed by atoms with Crippen molar-refractivity contribution in [1.82, 2.24) is 4.90 Å². The maximum atomic E-state index is 9.86. The number of hydrogen-bond acceptors (Lipinski definition) is 2. The molecule has 100 valence electrons. The Kier molecular flexibility index (Phi) is 3.84. The average Bonchev–Trinajstić information content (AvgIpc) is 2.58. The van der Waals surface area contributed by atoms with Crippen molar-refractivity contribution < 1.29 is 5.11 Å². The fourth-order valence-corrected chi connectivity index (χ4v) is 3.97. The highest BCUT2D eigenvalue weighted by Crippen LogP contribution is 2.42. The molecule has 0 amide bonds. The molecule has 0 bridgehead atoms. The lowest BCUT2D eigenvalue weighted by Gasteiger charge is -2.44.